The Morgan fingerprint density at radius 3 is 2.42 bits per heavy atom. The number of hydrogen-bond acceptors (Lipinski definition) is 2. The summed E-state index contributed by atoms with van der Waals surface area (Å²) in [7, 11) is 0. The van der Waals surface area contributed by atoms with Gasteiger partial charge in [-0.2, -0.15) is 0 Å². The molecule has 0 aliphatic rings. The number of nitrogens with zero attached hydrogens (tertiary/aromatic N) is 1. The molecule has 2 aromatic carbocycles. The molecule has 0 heterocycles. The molecule has 0 aliphatic carbocycles. The van der Waals surface area contributed by atoms with Crippen LogP contribution in [-0.2, 0) is 0 Å². The van der Waals surface area contributed by atoms with Crippen molar-refractivity contribution < 1.29 is 4.74 Å². The first-order valence-corrected chi connectivity index (χ1v) is 7.17. The minimum atomic E-state index is 0.787. The molecular formula is C17H23NO. The van der Waals surface area contributed by atoms with Crippen molar-refractivity contribution in [2.45, 2.75) is 20.3 Å². The van der Waals surface area contributed by atoms with Gasteiger partial charge in [0.05, 0.1) is 6.61 Å². The van der Waals surface area contributed by atoms with Gasteiger partial charge >= 0.3 is 0 Å². The quantitative estimate of drug-likeness (QED) is 0.696. The molecule has 0 aliphatic heterocycles. The first-order chi connectivity index (χ1) is 9.33. The van der Waals surface area contributed by atoms with Crippen molar-refractivity contribution in [1.29, 1.82) is 0 Å². The molecule has 19 heavy (non-hydrogen) atoms. The molecule has 0 saturated heterocycles. The van der Waals surface area contributed by atoms with Gasteiger partial charge in [0.15, 0.2) is 0 Å². The van der Waals surface area contributed by atoms with Crippen molar-refractivity contribution >= 4 is 10.8 Å². The van der Waals surface area contributed by atoms with Crippen LogP contribution in [0, 0.1) is 0 Å². The lowest BCUT2D eigenvalue weighted by Crippen LogP contribution is -2.25. The second-order valence-corrected chi connectivity index (χ2v) is 4.74. The number of benzene rings is 2. The molecule has 2 rings (SSSR count). The normalized spacial score (nSPS) is 11.1. The maximum atomic E-state index is 5.83. The van der Waals surface area contributed by atoms with Crippen LogP contribution in [0.1, 0.15) is 20.3 Å². The van der Waals surface area contributed by atoms with Gasteiger partial charge in [-0.15, -0.1) is 0 Å². The Labute approximate surface area is 116 Å². The van der Waals surface area contributed by atoms with Crippen LogP contribution in [0.2, 0.25) is 0 Å². The third-order valence-corrected chi connectivity index (χ3v) is 3.50. The van der Waals surface area contributed by atoms with Crippen LogP contribution in [0.3, 0.4) is 0 Å². The summed E-state index contributed by atoms with van der Waals surface area (Å²) in [5, 5.41) is 2.50. The van der Waals surface area contributed by atoms with Crippen molar-refractivity contribution in [2.24, 2.45) is 0 Å². The fourth-order valence-corrected chi connectivity index (χ4v) is 2.28. The Morgan fingerprint density at radius 2 is 1.68 bits per heavy atom. The van der Waals surface area contributed by atoms with Crippen LogP contribution in [0.5, 0.6) is 5.75 Å². The summed E-state index contributed by atoms with van der Waals surface area (Å²) in [5.74, 6) is 0.971. The molecule has 0 bridgehead atoms. The van der Waals surface area contributed by atoms with Crippen molar-refractivity contribution in [3.63, 3.8) is 0 Å². The standard InChI is InChI=1S/C17H23NO/c1-3-18(4-2)12-7-13-19-17-11-10-15-8-5-6-9-16(15)14-17/h5-6,8-11,14H,3-4,7,12-13H2,1-2H3. The Morgan fingerprint density at radius 1 is 0.947 bits per heavy atom. The minimum absolute atomic E-state index is 0.787. The fourth-order valence-electron chi connectivity index (χ4n) is 2.28. The zero-order valence-electron chi connectivity index (χ0n) is 11.9. The predicted octanol–water partition coefficient (Wildman–Crippen LogP) is 3.95. The van der Waals surface area contributed by atoms with Crippen LogP contribution >= 0.6 is 0 Å². The van der Waals surface area contributed by atoms with Gasteiger partial charge in [0.25, 0.3) is 0 Å². The highest BCUT2D eigenvalue weighted by Crippen LogP contribution is 2.20. The molecule has 2 heteroatoms. The van der Waals surface area contributed by atoms with Gasteiger partial charge in [-0.3, -0.25) is 0 Å². The van der Waals surface area contributed by atoms with E-state index in [-0.39, 0.29) is 0 Å². The van der Waals surface area contributed by atoms with E-state index in [0.717, 1.165) is 38.4 Å². The third-order valence-electron chi connectivity index (χ3n) is 3.50. The molecule has 0 radical (unpaired) electrons. The molecule has 102 valence electrons. The Bertz CT molecular complexity index is 505. The van der Waals surface area contributed by atoms with E-state index < -0.39 is 0 Å². The number of fused-ring (bicyclic) bond motifs is 1. The zero-order chi connectivity index (χ0) is 13.5. The van der Waals surface area contributed by atoms with Gasteiger partial charge < -0.3 is 9.64 Å². The maximum Gasteiger partial charge on any atom is 0.119 e. The van der Waals surface area contributed by atoms with Crippen molar-refractivity contribution in [3.05, 3.63) is 42.5 Å². The third kappa shape index (κ3) is 3.97. The fraction of sp³-hybridized carbons (Fsp3) is 0.412. The zero-order valence-corrected chi connectivity index (χ0v) is 11.9. The van der Waals surface area contributed by atoms with Gasteiger partial charge in [0, 0.05) is 6.54 Å². The summed E-state index contributed by atoms with van der Waals surface area (Å²) >= 11 is 0. The van der Waals surface area contributed by atoms with E-state index in [2.05, 4.69) is 61.2 Å². The average molecular weight is 257 g/mol. The van der Waals surface area contributed by atoms with E-state index in [1.165, 1.54) is 10.8 Å². The highest BCUT2D eigenvalue weighted by atomic mass is 16.5. The molecular weight excluding hydrogens is 234 g/mol. The monoisotopic (exact) mass is 257 g/mol. The van der Waals surface area contributed by atoms with E-state index in [9.17, 15) is 0 Å². The second kappa shape index (κ2) is 7.15. The summed E-state index contributed by atoms with van der Waals surface area (Å²) in [6.45, 7) is 8.54. The molecule has 0 spiro atoms. The number of rotatable bonds is 7. The van der Waals surface area contributed by atoms with Crippen molar-refractivity contribution in [1.82, 2.24) is 4.90 Å². The second-order valence-electron chi connectivity index (χ2n) is 4.74. The maximum absolute atomic E-state index is 5.83. The van der Waals surface area contributed by atoms with Gasteiger partial charge in [-0.1, -0.05) is 44.2 Å². The molecule has 0 N–H and O–H groups in total. The average Bonchev–Trinajstić information content (AvgIpc) is 2.47. The van der Waals surface area contributed by atoms with Crippen LogP contribution in [0.25, 0.3) is 10.8 Å². The number of hydrogen-bond donors (Lipinski definition) is 0. The minimum Gasteiger partial charge on any atom is -0.494 e. The molecule has 0 fully saturated rings. The molecule has 0 unspecified atom stereocenters. The largest absolute Gasteiger partial charge is 0.494 e. The first-order valence-electron chi connectivity index (χ1n) is 7.17. The van der Waals surface area contributed by atoms with Crippen LogP contribution in [0.15, 0.2) is 42.5 Å². The lowest BCUT2D eigenvalue weighted by molar-refractivity contribution is 0.249. The Kier molecular flexibility index (Phi) is 5.22. The van der Waals surface area contributed by atoms with Crippen LogP contribution < -0.4 is 4.74 Å². The smallest absolute Gasteiger partial charge is 0.119 e. The number of ether oxygens (including phenoxy) is 1. The van der Waals surface area contributed by atoms with Crippen molar-refractivity contribution in [2.75, 3.05) is 26.2 Å². The Balaban J connectivity index is 1.84. The summed E-state index contributed by atoms with van der Waals surface area (Å²) in [6, 6.07) is 14.7. The van der Waals surface area contributed by atoms with Gasteiger partial charge in [-0.05, 0) is 42.4 Å². The topological polar surface area (TPSA) is 12.5 Å². The summed E-state index contributed by atoms with van der Waals surface area (Å²) in [6.07, 6.45) is 1.08. The predicted molar refractivity (Wildman–Crippen MR) is 81.8 cm³/mol. The Hall–Kier alpha value is -1.54. The van der Waals surface area contributed by atoms with Gasteiger partial charge in [0.2, 0.25) is 0 Å². The molecule has 0 amide bonds. The summed E-state index contributed by atoms with van der Waals surface area (Å²) < 4.78 is 5.83. The highest BCUT2D eigenvalue weighted by Gasteiger charge is 2.00. The van der Waals surface area contributed by atoms with Crippen LogP contribution in [0.4, 0.5) is 0 Å². The van der Waals surface area contributed by atoms with E-state index in [1.807, 2.05) is 0 Å². The van der Waals surface area contributed by atoms with E-state index in [4.69, 9.17) is 4.74 Å². The molecule has 0 aromatic heterocycles. The molecule has 2 aromatic rings. The van der Waals surface area contributed by atoms with Gasteiger partial charge in [-0.25, -0.2) is 0 Å². The van der Waals surface area contributed by atoms with E-state index >= 15 is 0 Å². The first kappa shape index (κ1) is 13.9. The van der Waals surface area contributed by atoms with E-state index in [1.54, 1.807) is 0 Å². The SMILES string of the molecule is CCN(CC)CCCOc1ccc2ccccc2c1. The lowest BCUT2D eigenvalue weighted by atomic mass is 10.1. The van der Waals surface area contributed by atoms with Crippen molar-refractivity contribution in [3.8, 4) is 5.75 Å². The van der Waals surface area contributed by atoms with Crippen LogP contribution in [-0.4, -0.2) is 31.1 Å². The van der Waals surface area contributed by atoms with Gasteiger partial charge in [0.1, 0.15) is 5.75 Å². The summed E-state index contributed by atoms with van der Waals surface area (Å²) in [4.78, 5) is 2.42. The molecule has 0 saturated carbocycles. The van der Waals surface area contributed by atoms with E-state index in [0.29, 0.717) is 0 Å². The molecule has 0 atom stereocenters. The summed E-state index contributed by atoms with van der Waals surface area (Å²) in [5.41, 5.74) is 0. The highest BCUT2D eigenvalue weighted by molar-refractivity contribution is 5.83. The lowest BCUT2D eigenvalue weighted by Gasteiger charge is -2.17. The molecule has 2 nitrogen and oxygen atoms in total.